The number of allylic oxidation sites excluding steroid dienone is 4. The average molecular weight is 436 g/mol. The van der Waals surface area contributed by atoms with Crippen LogP contribution in [0.4, 0.5) is 0 Å². The maximum absolute atomic E-state index is 12.1. The molecule has 5 atom stereocenters. The average Bonchev–Trinajstić information content (AvgIpc) is 3.04. The predicted octanol–water partition coefficient (Wildman–Crippen LogP) is 4.77. The van der Waals surface area contributed by atoms with Gasteiger partial charge in [-0.1, -0.05) is 41.9 Å². The molecule has 1 aromatic carbocycles. The zero-order valence-electron chi connectivity index (χ0n) is 19.0. The van der Waals surface area contributed by atoms with E-state index in [2.05, 4.69) is 24.2 Å². The van der Waals surface area contributed by atoms with E-state index >= 15 is 0 Å². The van der Waals surface area contributed by atoms with Crippen LogP contribution >= 0.6 is 0 Å². The lowest BCUT2D eigenvalue weighted by molar-refractivity contribution is -0.128. The largest absolute Gasteiger partial charge is 0.411 e. The summed E-state index contributed by atoms with van der Waals surface area (Å²) < 4.78 is 5.51. The summed E-state index contributed by atoms with van der Waals surface area (Å²) in [5.41, 5.74) is 5.23. The van der Waals surface area contributed by atoms with Crippen LogP contribution in [0.15, 0.2) is 52.2 Å². The Morgan fingerprint density at radius 3 is 2.69 bits per heavy atom. The first kappa shape index (κ1) is 21.6. The van der Waals surface area contributed by atoms with Gasteiger partial charge in [0, 0.05) is 24.9 Å². The van der Waals surface area contributed by atoms with Gasteiger partial charge in [-0.05, 0) is 78.7 Å². The number of nitrogens with zero attached hydrogens (tertiary/aromatic N) is 1. The van der Waals surface area contributed by atoms with Crippen molar-refractivity contribution in [3.05, 3.63) is 58.2 Å². The highest BCUT2D eigenvalue weighted by Crippen LogP contribution is 2.66. The number of fused-ring (bicyclic) bond motifs is 4. The van der Waals surface area contributed by atoms with E-state index in [1.54, 1.807) is 7.11 Å². The summed E-state index contributed by atoms with van der Waals surface area (Å²) in [5.74, 6) is 1.32. The Morgan fingerprint density at radius 2 is 1.97 bits per heavy atom. The smallest absolute Gasteiger partial charge is 0.156 e. The van der Waals surface area contributed by atoms with Gasteiger partial charge in [-0.2, -0.15) is 0 Å². The van der Waals surface area contributed by atoms with E-state index in [-0.39, 0.29) is 17.1 Å². The van der Waals surface area contributed by atoms with Gasteiger partial charge in [-0.25, -0.2) is 0 Å². The van der Waals surface area contributed by atoms with Crippen molar-refractivity contribution >= 4 is 12.0 Å². The second-order valence-electron chi connectivity index (χ2n) is 10.4. The normalized spacial score (nSPS) is 36.7. The number of ether oxygens (including phenoxy) is 1. The summed E-state index contributed by atoms with van der Waals surface area (Å²) in [5, 5.41) is 23.8. The number of ketones is 1. The molecule has 4 aliphatic carbocycles. The minimum atomic E-state index is -0.816. The van der Waals surface area contributed by atoms with Crippen molar-refractivity contribution in [1.82, 2.24) is 0 Å². The number of benzene rings is 1. The van der Waals surface area contributed by atoms with Gasteiger partial charge in [0.1, 0.15) is 0 Å². The van der Waals surface area contributed by atoms with Gasteiger partial charge in [-0.3, -0.25) is 4.79 Å². The number of methoxy groups -OCH3 is 1. The SMILES string of the molecule is COC[C@]1(O)CC[C@H]2[C@@H]3CCC4=CC(=O)CCC4=C3[C@@H](c3ccc(/C=N/O)cc3)C[C@@]21C. The Morgan fingerprint density at radius 1 is 1.19 bits per heavy atom. The number of aliphatic hydroxyl groups is 1. The monoisotopic (exact) mass is 435 g/mol. The third-order valence-corrected chi connectivity index (χ3v) is 8.99. The molecule has 0 aromatic heterocycles. The van der Waals surface area contributed by atoms with Gasteiger partial charge in [0.05, 0.1) is 18.4 Å². The first-order valence-electron chi connectivity index (χ1n) is 11.9. The van der Waals surface area contributed by atoms with Gasteiger partial charge >= 0.3 is 0 Å². The molecule has 0 amide bonds. The highest BCUT2D eigenvalue weighted by atomic mass is 16.5. The second-order valence-corrected chi connectivity index (χ2v) is 10.4. The molecule has 0 heterocycles. The lowest BCUT2D eigenvalue weighted by atomic mass is 9.51. The molecule has 5 nitrogen and oxygen atoms in total. The predicted molar refractivity (Wildman–Crippen MR) is 123 cm³/mol. The van der Waals surface area contributed by atoms with Crippen molar-refractivity contribution < 1.29 is 19.8 Å². The lowest BCUT2D eigenvalue weighted by Gasteiger charge is -2.54. The van der Waals surface area contributed by atoms with Crippen LogP contribution in [0.25, 0.3) is 0 Å². The van der Waals surface area contributed by atoms with Crippen LogP contribution < -0.4 is 0 Å². The summed E-state index contributed by atoms with van der Waals surface area (Å²) in [6.45, 7) is 2.65. The number of carbonyl (C=O) groups excluding carboxylic acids is 1. The fourth-order valence-electron chi connectivity index (χ4n) is 7.41. The zero-order chi connectivity index (χ0) is 22.5. The lowest BCUT2D eigenvalue weighted by Crippen LogP contribution is -2.53. The standard InChI is InChI=1S/C27H33NO4/c1-26-14-23(18-5-3-17(4-6-18)15-28-31)25-21-10-8-20(29)13-19(21)7-9-22(25)24(26)11-12-27(26,30)16-32-2/h3-6,13,15,22-24,30-31H,7-12,14,16H2,1-2H3/b28-15+/t22-,23+,24-,26-,27+/m0/s1. The third-order valence-electron chi connectivity index (χ3n) is 8.99. The van der Waals surface area contributed by atoms with Gasteiger partial charge in [0.15, 0.2) is 5.78 Å². The molecule has 0 radical (unpaired) electrons. The van der Waals surface area contributed by atoms with Crippen molar-refractivity contribution in [2.24, 2.45) is 22.4 Å². The topological polar surface area (TPSA) is 79.1 Å². The van der Waals surface area contributed by atoms with E-state index in [4.69, 9.17) is 9.94 Å². The summed E-state index contributed by atoms with van der Waals surface area (Å²) >= 11 is 0. The molecule has 170 valence electrons. The maximum Gasteiger partial charge on any atom is 0.156 e. The highest BCUT2D eigenvalue weighted by Gasteiger charge is 2.62. The van der Waals surface area contributed by atoms with Crippen LogP contribution in [-0.2, 0) is 9.53 Å². The van der Waals surface area contributed by atoms with E-state index in [0.717, 1.165) is 44.1 Å². The maximum atomic E-state index is 12.1. The number of carbonyl (C=O) groups is 1. The molecule has 0 unspecified atom stereocenters. The summed E-state index contributed by atoms with van der Waals surface area (Å²) in [4.78, 5) is 12.1. The molecule has 2 fully saturated rings. The zero-order valence-corrected chi connectivity index (χ0v) is 19.0. The Bertz CT molecular complexity index is 1010. The Hall–Kier alpha value is -2.24. The molecule has 0 saturated heterocycles. The Kier molecular flexibility index (Phi) is 5.37. The number of hydrogen-bond acceptors (Lipinski definition) is 5. The Labute approximate surface area is 189 Å². The molecule has 2 N–H and O–H groups in total. The van der Waals surface area contributed by atoms with Crippen molar-refractivity contribution in [2.75, 3.05) is 13.7 Å². The molecule has 32 heavy (non-hydrogen) atoms. The molecule has 0 aliphatic heterocycles. The number of rotatable bonds is 4. The third kappa shape index (κ3) is 3.20. The van der Waals surface area contributed by atoms with Crippen molar-refractivity contribution in [3.8, 4) is 0 Å². The first-order valence-corrected chi connectivity index (χ1v) is 11.9. The number of hydrogen-bond donors (Lipinski definition) is 2. The van der Waals surface area contributed by atoms with Crippen LogP contribution in [0.2, 0.25) is 0 Å². The van der Waals surface area contributed by atoms with E-state index in [1.807, 2.05) is 18.2 Å². The van der Waals surface area contributed by atoms with Gasteiger partial charge in [-0.15, -0.1) is 0 Å². The molecular formula is C27H33NO4. The van der Waals surface area contributed by atoms with Gasteiger partial charge < -0.3 is 15.1 Å². The summed E-state index contributed by atoms with van der Waals surface area (Å²) in [7, 11) is 1.68. The second kappa shape index (κ2) is 7.96. The molecule has 2 saturated carbocycles. The molecule has 0 bridgehead atoms. The first-order chi connectivity index (χ1) is 15.4. The van der Waals surface area contributed by atoms with Gasteiger partial charge in [0.2, 0.25) is 0 Å². The molecule has 5 heteroatoms. The van der Waals surface area contributed by atoms with Gasteiger partial charge in [0.25, 0.3) is 0 Å². The fourth-order valence-corrected chi connectivity index (χ4v) is 7.41. The Balaban J connectivity index is 1.65. The van der Waals surface area contributed by atoms with Crippen LogP contribution in [0.3, 0.4) is 0 Å². The molecule has 0 spiro atoms. The summed E-state index contributed by atoms with van der Waals surface area (Å²) in [6, 6.07) is 8.24. The van der Waals surface area contributed by atoms with Crippen molar-refractivity contribution in [2.45, 2.75) is 63.4 Å². The van der Waals surface area contributed by atoms with Crippen molar-refractivity contribution in [3.63, 3.8) is 0 Å². The highest BCUT2D eigenvalue weighted by molar-refractivity contribution is 5.93. The summed E-state index contributed by atoms with van der Waals surface area (Å²) in [6.07, 6.45) is 9.46. The van der Waals surface area contributed by atoms with Crippen LogP contribution in [-0.4, -0.2) is 41.6 Å². The quantitative estimate of drug-likeness (QED) is 0.406. The molecular weight excluding hydrogens is 402 g/mol. The van der Waals surface area contributed by atoms with Crippen LogP contribution in [0.1, 0.15) is 68.9 Å². The molecule has 5 rings (SSSR count). The minimum Gasteiger partial charge on any atom is -0.411 e. The minimum absolute atomic E-state index is 0.203. The molecule has 4 aliphatic rings. The molecule has 1 aromatic rings. The van der Waals surface area contributed by atoms with Crippen molar-refractivity contribution in [1.29, 1.82) is 0 Å². The van der Waals surface area contributed by atoms with E-state index in [1.165, 1.54) is 28.5 Å². The number of oxime groups is 1. The van der Waals surface area contributed by atoms with Crippen LogP contribution in [0, 0.1) is 17.3 Å². The van der Waals surface area contributed by atoms with E-state index in [0.29, 0.717) is 24.9 Å². The fraction of sp³-hybridized carbons (Fsp3) is 0.556. The van der Waals surface area contributed by atoms with E-state index in [9.17, 15) is 9.90 Å². The van der Waals surface area contributed by atoms with Crippen LogP contribution in [0.5, 0.6) is 0 Å². The van der Waals surface area contributed by atoms with E-state index < -0.39 is 5.60 Å².